The first-order valence-corrected chi connectivity index (χ1v) is 7.53. The van der Waals surface area contributed by atoms with E-state index in [-0.39, 0.29) is 5.91 Å². The fourth-order valence-corrected chi connectivity index (χ4v) is 3.59. The summed E-state index contributed by atoms with van der Waals surface area (Å²) in [5.41, 5.74) is 2.99. The van der Waals surface area contributed by atoms with Crippen LogP contribution in [-0.4, -0.2) is 21.8 Å². The Morgan fingerprint density at radius 3 is 3.15 bits per heavy atom. The number of fused-ring (bicyclic) bond motifs is 2. The molecule has 0 unspecified atom stereocenters. The van der Waals surface area contributed by atoms with Crippen LogP contribution in [0.1, 0.15) is 22.5 Å². The number of imidazole rings is 1. The molecule has 0 spiro atoms. The van der Waals surface area contributed by atoms with Gasteiger partial charge in [-0.1, -0.05) is 18.2 Å². The lowest BCUT2D eigenvalue weighted by atomic mass is 10.0. The van der Waals surface area contributed by atoms with E-state index in [0.29, 0.717) is 5.69 Å². The van der Waals surface area contributed by atoms with Crippen LogP contribution < -0.4 is 4.90 Å². The van der Waals surface area contributed by atoms with Gasteiger partial charge in [0.1, 0.15) is 5.69 Å². The van der Waals surface area contributed by atoms with Crippen LogP contribution in [0.15, 0.2) is 42.0 Å². The molecule has 0 radical (unpaired) electrons. The summed E-state index contributed by atoms with van der Waals surface area (Å²) in [6.07, 6.45) is 5.63. The maximum atomic E-state index is 12.8. The lowest BCUT2D eigenvalue weighted by molar-refractivity contribution is 0.0979. The van der Waals surface area contributed by atoms with Crippen molar-refractivity contribution in [3.63, 3.8) is 0 Å². The van der Waals surface area contributed by atoms with Crippen molar-refractivity contribution < 1.29 is 4.79 Å². The van der Waals surface area contributed by atoms with Crippen LogP contribution in [0.25, 0.3) is 4.96 Å². The number of hydrogen-bond acceptors (Lipinski definition) is 3. The zero-order chi connectivity index (χ0) is 13.5. The van der Waals surface area contributed by atoms with Gasteiger partial charge in [0.05, 0.1) is 0 Å². The SMILES string of the molecule is O=C(c1csc2nccn12)N1CCCc2ccccc21. The summed E-state index contributed by atoms with van der Waals surface area (Å²) in [6, 6.07) is 8.16. The van der Waals surface area contributed by atoms with Crippen LogP contribution in [-0.2, 0) is 6.42 Å². The second-order valence-electron chi connectivity index (χ2n) is 4.89. The molecule has 0 saturated carbocycles. The number of nitrogens with zero attached hydrogens (tertiary/aromatic N) is 3. The number of hydrogen-bond donors (Lipinski definition) is 0. The number of carbonyl (C=O) groups excluding carboxylic acids is 1. The molecular weight excluding hydrogens is 270 g/mol. The zero-order valence-corrected chi connectivity index (χ0v) is 11.6. The molecule has 0 bridgehead atoms. The summed E-state index contributed by atoms with van der Waals surface area (Å²) in [5, 5.41) is 1.89. The third-order valence-corrected chi connectivity index (χ3v) is 4.57. The van der Waals surface area contributed by atoms with Gasteiger partial charge in [-0.15, -0.1) is 11.3 Å². The van der Waals surface area contributed by atoms with Gasteiger partial charge in [-0.25, -0.2) is 4.98 Å². The zero-order valence-electron chi connectivity index (χ0n) is 10.8. The van der Waals surface area contributed by atoms with E-state index in [1.54, 1.807) is 6.20 Å². The van der Waals surface area contributed by atoms with Gasteiger partial charge < -0.3 is 4.90 Å². The van der Waals surface area contributed by atoms with E-state index in [1.165, 1.54) is 16.9 Å². The molecule has 1 aromatic carbocycles. The highest BCUT2D eigenvalue weighted by Gasteiger charge is 2.25. The van der Waals surface area contributed by atoms with Crippen LogP contribution in [0.4, 0.5) is 5.69 Å². The second kappa shape index (κ2) is 4.45. The van der Waals surface area contributed by atoms with E-state index in [4.69, 9.17) is 0 Å². The molecule has 1 aliphatic rings. The summed E-state index contributed by atoms with van der Waals surface area (Å²) in [6.45, 7) is 0.780. The lowest BCUT2D eigenvalue weighted by Gasteiger charge is -2.29. The topological polar surface area (TPSA) is 37.6 Å². The molecule has 1 aliphatic heterocycles. The monoisotopic (exact) mass is 283 g/mol. The summed E-state index contributed by atoms with van der Waals surface area (Å²) < 4.78 is 1.87. The van der Waals surface area contributed by atoms with Gasteiger partial charge >= 0.3 is 0 Å². The molecule has 1 amide bonds. The van der Waals surface area contributed by atoms with Gasteiger partial charge in [-0.3, -0.25) is 9.20 Å². The molecule has 3 aromatic rings. The van der Waals surface area contributed by atoms with E-state index in [1.807, 2.05) is 39.1 Å². The Hall–Kier alpha value is -2.14. The van der Waals surface area contributed by atoms with Crippen LogP contribution in [0.3, 0.4) is 0 Å². The Balaban J connectivity index is 1.79. The average Bonchev–Trinajstić information content (AvgIpc) is 3.09. The molecule has 0 atom stereocenters. The summed E-state index contributed by atoms with van der Waals surface area (Å²) in [5.74, 6) is 0.0569. The standard InChI is InChI=1S/C15H13N3OS/c19-14(13-10-20-15-16-7-9-18(13)15)17-8-3-5-11-4-1-2-6-12(11)17/h1-2,4,6-7,9-10H,3,5,8H2. The van der Waals surface area contributed by atoms with Gasteiger partial charge in [-0.2, -0.15) is 0 Å². The predicted molar refractivity (Wildman–Crippen MR) is 79.5 cm³/mol. The van der Waals surface area contributed by atoms with E-state index in [0.717, 1.165) is 30.0 Å². The van der Waals surface area contributed by atoms with Crippen molar-refractivity contribution in [3.05, 3.63) is 53.3 Å². The maximum absolute atomic E-state index is 12.8. The minimum atomic E-state index is 0.0569. The number of carbonyl (C=O) groups is 1. The Bertz CT molecular complexity index is 789. The van der Waals surface area contributed by atoms with Gasteiger partial charge in [0.2, 0.25) is 0 Å². The minimum Gasteiger partial charge on any atom is -0.307 e. The van der Waals surface area contributed by atoms with Crippen molar-refractivity contribution >= 4 is 27.9 Å². The first-order valence-electron chi connectivity index (χ1n) is 6.65. The predicted octanol–water partition coefficient (Wildman–Crippen LogP) is 2.99. The number of rotatable bonds is 1. The fraction of sp³-hybridized carbons (Fsp3) is 0.200. The summed E-state index contributed by atoms with van der Waals surface area (Å²) in [4.78, 5) is 19.8. The molecule has 5 heteroatoms. The third-order valence-electron chi connectivity index (χ3n) is 3.72. The Morgan fingerprint density at radius 2 is 2.20 bits per heavy atom. The molecule has 0 aliphatic carbocycles. The number of aryl methyl sites for hydroxylation is 1. The average molecular weight is 283 g/mol. The largest absolute Gasteiger partial charge is 0.307 e. The highest BCUT2D eigenvalue weighted by atomic mass is 32.1. The maximum Gasteiger partial charge on any atom is 0.276 e. The van der Waals surface area contributed by atoms with Gasteiger partial charge in [0.25, 0.3) is 5.91 Å². The van der Waals surface area contributed by atoms with E-state index < -0.39 is 0 Å². The van der Waals surface area contributed by atoms with Crippen molar-refractivity contribution in [2.45, 2.75) is 12.8 Å². The lowest BCUT2D eigenvalue weighted by Crippen LogP contribution is -2.36. The molecular formula is C15H13N3OS. The van der Waals surface area contributed by atoms with Gasteiger partial charge in [0.15, 0.2) is 4.96 Å². The molecule has 0 N–H and O–H groups in total. The molecule has 20 heavy (non-hydrogen) atoms. The quantitative estimate of drug-likeness (QED) is 0.688. The number of benzene rings is 1. The van der Waals surface area contributed by atoms with Gasteiger partial charge in [0, 0.05) is 30.0 Å². The van der Waals surface area contributed by atoms with Crippen molar-refractivity contribution in [1.82, 2.24) is 9.38 Å². The smallest absolute Gasteiger partial charge is 0.276 e. The summed E-state index contributed by atoms with van der Waals surface area (Å²) >= 11 is 1.50. The molecule has 4 rings (SSSR count). The van der Waals surface area contributed by atoms with Crippen LogP contribution in [0.2, 0.25) is 0 Å². The van der Waals surface area contributed by atoms with Crippen molar-refractivity contribution in [2.75, 3.05) is 11.4 Å². The number of para-hydroxylation sites is 1. The fourth-order valence-electron chi connectivity index (χ4n) is 2.76. The molecule has 4 nitrogen and oxygen atoms in total. The van der Waals surface area contributed by atoms with Crippen LogP contribution in [0, 0.1) is 0 Å². The Morgan fingerprint density at radius 1 is 1.30 bits per heavy atom. The van der Waals surface area contributed by atoms with Crippen LogP contribution in [0.5, 0.6) is 0 Å². The Labute approximate surface area is 120 Å². The van der Waals surface area contributed by atoms with Gasteiger partial charge in [-0.05, 0) is 24.5 Å². The first-order chi connectivity index (χ1) is 9.84. The minimum absolute atomic E-state index is 0.0569. The van der Waals surface area contributed by atoms with E-state index >= 15 is 0 Å². The number of anilines is 1. The molecule has 100 valence electrons. The first kappa shape index (κ1) is 11.7. The Kier molecular flexibility index (Phi) is 2.60. The van der Waals surface area contributed by atoms with Crippen LogP contribution >= 0.6 is 11.3 Å². The second-order valence-corrected chi connectivity index (χ2v) is 5.73. The van der Waals surface area contributed by atoms with Crippen molar-refractivity contribution in [1.29, 1.82) is 0 Å². The number of aromatic nitrogens is 2. The normalized spacial score (nSPS) is 14.5. The summed E-state index contributed by atoms with van der Waals surface area (Å²) in [7, 11) is 0. The molecule has 2 aromatic heterocycles. The highest BCUT2D eigenvalue weighted by molar-refractivity contribution is 7.15. The van der Waals surface area contributed by atoms with E-state index in [2.05, 4.69) is 11.1 Å². The third kappa shape index (κ3) is 1.67. The van der Waals surface area contributed by atoms with E-state index in [9.17, 15) is 4.79 Å². The van der Waals surface area contributed by atoms with Crippen molar-refractivity contribution in [3.8, 4) is 0 Å². The van der Waals surface area contributed by atoms with Crippen molar-refractivity contribution in [2.24, 2.45) is 0 Å². The molecule has 0 saturated heterocycles. The molecule has 0 fully saturated rings. The number of thiazole rings is 1. The number of amides is 1. The highest BCUT2D eigenvalue weighted by Crippen LogP contribution is 2.28. The molecule has 3 heterocycles.